The van der Waals surface area contributed by atoms with Crippen molar-refractivity contribution in [2.75, 3.05) is 0 Å². The van der Waals surface area contributed by atoms with E-state index in [2.05, 4.69) is 0 Å². The van der Waals surface area contributed by atoms with Crippen molar-refractivity contribution in [3.8, 4) is 0 Å². The van der Waals surface area contributed by atoms with Crippen LogP contribution in [0.2, 0.25) is 0 Å². The molecule has 0 fully saturated rings. The van der Waals surface area contributed by atoms with Crippen LogP contribution in [0.4, 0.5) is 0 Å². The molecule has 0 spiro atoms. The van der Waals surface area contributed by atoms with E-state index in [0.29, 0.717) is 0 Å². The van der Waals surface area contributed by atoms with Gasteiger partial charge in [-0.2, -0.15) is 0 Å². The zero-order valence-electron chi connectivity index (χ0n) is 7.37. The molecule has 2 heteroatoms. The Morgan fingerprint density at radius 2 is 2.10 bits per heavy atom. The number of carbonyl (C=O) groups is 1. The predicted octanol–water partition coefficient (Wildman–Crippen LogP) is 0.714. The van der Waals surface area contributed by atoms with Crippen LogP contribution >= 0.6 is 0 Å². The van der Waals surface area contributed by atoms with E-state index in [1.807, 2.05) is 0 Å². The van der Waals surface area contributed by atoms with Gasteiger partial charge in [-0.05, 0) is 5.56 Å². The van der Waals surface area contributed by atoms with Crippen LogP contribution < -0.4 is 5.73 Å². The van der Waals surface area contributed by atoms with Crippen molar-refractivity contribution < 1.29 is 7.54 Å². The topological polar surface area (TPSA) is 43.1 Å². The summed E-state index contributed by atoms with van der Waals surface area (Å²) in [7, 11) is 0. The Hall–Kier alpha value is -1.31. The van der Waals surface area contributed by atoms with Crippen molar-refractivity contribution in [2.45, 2.75) is 6.37 Å². The first-order valence-corrected chi connectivity index (χ1v) is 2.90. The minimum Gasteiger partial charge on any atom is -0.369 e. The number of carbonyl (C=O) groups excluding carboxylic acids is 1. The van der Waals surface area contributed by atoms with Crippen molar-refractivity contribution in [3.05, 3.63) is 35.9 Å². The van der Waals surface area contributed by atoms with Gasteiger partial charge in [0.1, 0.15) is 0 Å². The highest BCUT2D eigenvalue weighted by atomic mass is 16.1. The van der Waals surface area contributed by atoms with Gasteiger partial charge in [0, 0.05) is 2.74 Å². The van der Waals surface area contributed by atoms with Gasteiger partial charge in [-0.25, -0.2) is 0 Å². The molecule has 0 saturated heterocycles. The van der Waals surface area contributed by atoms with Crippen molar-refractivity contribution in [1.29, 1.82) is 0 Å². The Labute approximate surface area is 62.5 Å². The van der Waals surface area contributed by atoms with Crippen molar-refractivity contribution in [1.82, 2.24) is 0 Å². The fourth-order valence-electron chi connectivity index (χ4n) is 0.664. The van der Waals surface area contributed by atoms with Crippen LogP contribution in [0.5, 0.6) is 0 Å². The first-order valence-electron chi connectivity index (χ1n) is 3.90. The summed E-state index contributed by atoms with van der Waals surface area (Å²) < 4.78 is 14.6. The molecule has 0 aliphatic carbocycles. The average Bonchev–Trinajstić information content (AvgIpc) is 2.06. The first-order chi connectivity index (χ1) is 5.55. The highest BCUT2D eigenvalue weighted by Crippen LogP contribution is 1.97. The van der Waals surface area contributed by atoms with Gasteiger partial charge in [-0.1, -0.05) is 30.3 Å². The Bertz CT molecular complexity index is 284. The Morgan fingerprint density at radius 3 is 2.60 bits per heavy atom. The summed E-state index contributed by atoms with van der Waals surface area (Å²) in [4.78, 5) is 10.7. The molecule has 1 aromatic rings. The summed E-state index contributed by atoms with van der Waals surface area (Å²) >= 11 is 0. The fourth-order valence-corrected chi connectivity index (χ4v) is 0.664. The zero-order valence-corrected chi connectivity index (χ0v) is 5.37. The third-order valence-corrected chi connectivity index (χ3v) is 1.04. The van der Waals surface area contributed by atoms with Crippen LogP contribution in [0.3, 0.4) is 0 Å². The van der Waals surface area contributed by atoms with Crippen LogP contribution in [0.25, 0.3) is 0 Å². The molecule has 0 aliphatic rings. The van der Waals surface area contributed by atoms with E-state index in [9.17, 15) is 4.79 Å². The fraction of sp³-hybridized carbons (Fsp3) is 0.125. The summed E-state index contributed by atoms with van der Waals surface area (Å²) in [5.74, 6) is -0.964. The Kier molecular flexibility index (Phi) is 1.35. The third kappa shape index (κ3) is 1.90. The molecule has 0 atom stereocenters. The third-order valence-electron chi connectivity index (χ3n) is 1.04. The Balaban J connectivity index is 3.06. The van der Waals surface area contributed by atoms with Gasteiger partial charge in [0.05, 0.1) is 6.37 Å². The summed E-state index contributed by atoms with van der Waals surface area (Å²) in [6.07, 6.45) is -2.07. The van der Waals surface area contributed by atoms with Crippen LogP contribution in [0, 0.1) is 0 Å². The lowest BCUT2D eigenvalue weighted by Gasteiger charge is -1.93. The highest BCUT2D eigenvalue weighted by molar-refractivity contribution is 5.76. The SMILES string of the molecule is [2H]C([2H])(C(N)=O)c1ccccc1. The van der Waals surface area contributed by atoms with E-state index in [4.69, 9.17) is 8.48 Å². The number of rotatable bonds is 2. The van der Waals surface area contributed by atoms with E-state index < -0.39 is 12.3 Å². The minimum atomic E-state index is -2.07. The molecule has 1 amide bonds. The van der Waals surface area contributed by atoms with Gasteiger partial charge in [-0.15, -0.1) is 0 Å². The lowest BCUT2D eigenvalue weighted by molar-refractivity contribution is -0.117. The summed E-state index contributed by atoms with van der Waals surface area (Å²) in [5, 5.41) is 0. The van der Waals surface area contributed by atoms with Crippen molar-refractivity contribution >= 4 is 5.91 Å². The molecule has 0 unspecified atom stereocenters. The van der Waals surface area contributed by atoms with Crippen molar-refractivity contribution in [2.24, 2.45) is 5.73 Å². The molecule has 52 valence electrons. The molecule has 1 aromatic carbocycles. The average molecular weight is 137 g/mol. The zero-order chi connectivity index (χ0) is 9.19. The lowest BCUT2D eigenvalue weighted by Crippen LogP contribution is -2.13. The lowest BCUT2D eigenvalue weighted by atomic mass is 10.1. The second-order valence-electron chi connectivity index (χ2n) is 1.86. The highest BCUT2D eigenvalue weighted by Gasteiger charge is 1.94. The van der Waals surface area contributed by atoms with E-state index >= 15 is 0 Å². The van der Waals surface area contributed by atoms with Crippen molar-refractivity contribution in [3.63, 3.8) is 0 Å². The summed E-state index contributed by atoms with van der Waals surface area (Å²) in [6.45, 7) is 0. The van der Waals surface area contributed by atoms with E-state index in [0.717, 1.165) is 0 Å². The summed E-state index contributed by atoms with van der Waals surface area (Å²) in [5.41, 5.74) is 5.18. The molecule has 0 aromatic heterocycles. The van der Waals surface area contributed by atoms with Gasteiger partial charge in [0.2, 0.25) is 5.91 Å². The van der Waals surface area contributed by atoms with Gasteiger partial charge in [0.25, 0.3) is 0 Å². The van der Waals surface area contributed by atoms with Gasteiger partial charge >= 0.3 is 0 Å². The van der Waals surface area contributed by atoms with Gasteiger partial charge in [-0.3, -0.25) is 4.79 Å². The maximum Gasteiger partial charge on any atom is 0.221 e. The summed E-state index contributed by atoms with van der Waals surface area (Å²) in [6, 6.07) is 8.14. The van der Waals surface area contributed by atoms with Gasteiger partial charge < -0.3 is 5.73 Å². The molecule has 0 radical (unpaired) electrons. The molecule has 0 bridgehead atoms. The molecule has 10 heavy (non-hydrogen) atoms. The van der Waals surface area contributed by atoms with E-state index in [1.54, 1.807) is 18.2 Å². The maximum atomic E-state index is 10.7. The number of primary amides is 1. The molecular formula is C8H9NO. The molecule has 2 nitrogen and oxygen atoms in total. The molecule has 0 aliphatic heterocycles. The van der Waals surface area contributed by atoms with Crippen LogP contribution in [0.1, 0.15) is 8.30 Å². The molecule has 0 heterocycles. The molecule has 1 rings (SSSR count). The maximum absolute atomic E-state index is 10.7. The second kappa shape index (κ2) is 3.01. The number of hydrogen-bond acceptors (Lipinski definition) is 1. The van der Waals surface area contributed by atoms with Crippen LogP contribution in [-0.4, -0.2) is 5.91 Å². The largest absolute Gasteiger partial charge is 0.369 e. The Morgan fingerprint density at radius 1 is 1.50 bits per heavy atom. The molecular weight excluding hydrogens is 126 g/mol. The minimum absolute atomic E-state index is 0.289. The smallest absolute Gasteiger partial charge is 0.221 e. The number of hydrogen-bond donors (Lipinski definition) is 1. The number of amides is 1. The normalized spacial score (nSPS) is 13.6. The van der Waals surface area contributed by atoms with E-state index in [-0.39, 0.29) is 5.56 Å². The molecule has 0 saturated carbocycles. The second-order valence-corrected chi connectivity index (χ2v) is 1.86. The predicted molar refractivity (Wildman–Crippen MR) is 39.3 cm³/mol. The van der Waals surface area contributed by atoms with Crippen LogP contribution in [-0.2, 0) is 11.2 Å². The van der Waals surface area contributed by atoms with Crippen LogP contribution in [0.15, 0.2) is 30.3 Å². The molecule has 2 N–H and O–H groups in total. The number of benzene rings is 1. The quantitative estimate of drug-likeness (QED) is 0.641. The number of nitrogens with two attached hydrogens (primary N) is 1. The monoisotopic (exact) mass is 137 g/mol. The van der Waals surface area contributed by atoms with E-state index in [1.165, 1.54) is 12.1 Å². The van der Waals surface area contributed by atoms with Gasteiger partial charge in [0.15, 0.2) is 0 Å². The first kappa shape index (κ1) is 4.50. The standard InChI is InChI=1S/C8H9NO/c9-8(10)6-7-4-2-1-3-5-7/h1-5H,6H2,(H2,9,10)/i6D2.